The fourth-order valence-corrected chi connectivity index (χ4v) is 7.02. The van der Waals surface area contributed by atoms with Crippen LogP contribution in [0.25, 0.3) is 44.3 Å². The molecular weight excluding hydrogens is 520 g/mol. The molecule has 0 fully saturated rings. The molecule has 1 aliphatic carbocycles. The van der Waals surface area contributed by atoms with Crippen molar-refractivity contribution in [3.63, 3.8) is 0 Å². The Labute approximate surface area is 251 Å². The SMILES string of the molecule is N#Cc1ccnc(-c2ccc(-c3cc4c(c5ccccc35)-c3ccccc3C4(c3ccccc3)c3ccccc3)cc2)c1. The number of pyridine rings is 1. The predicted molar refractivity (Wildman–Crippen MR) is 175 cm³/mol. The third kappa shape index (κ3) is 3.76. The normalized spacial score (nSPS) is 12.8. The van der Waals surface area contributed by atoms with Crippen molar-refractivity contribution in [2.24, 2.45) is 0 Å². The Bertz CT molecular complexity index is 2130. The highest BCUT2D eigenvalue weighted by molar-refractivity contribution is 6.10. The molecule has 0 atom stereocenters. The highest BCUT2D eigenvalue weighted by Gasteiger charge is 2.46. The van der Waals surface area contributed by atoms with Gasteiger partial charge in [-0.2, -0.15) is 5.26 Å². The standard InChI is InChI=1S/C41H26N2/c42-27-28-23-24-43-39(25-28)30-21-19-29(20-22-30)36-26-38-40(34-16-8-7-15-33(34)36)35-17-9-10-18-37(35)41(38,31-11-3-1-4-12-31)32-13-5-2-6-14-32/h1-26H. The summed E-state index contributed by atoms with van der Waals surface area (Å²) in [7, 11) is 0. The Morgan fingerprint density at radius 1 is 0.512 bits per heavy atom. The number of nitriles is 1. The highest BCUT2D eigenvalue weighted by Crippen LogP contribution is 2.58. The Morgan fingerprint density at radius 2 is 1.12 bits per heavy atom. The van der Waals surface area contributed by atoms with E-state index in [0.717, 1.165) is 16.8 Å². The van der Waals surface area contributed by atoms with Crippen molar-refractivity contribution in [2.45, 2.75) is 5.41 Å². The number of nitrogens with zero attached hydrogens (tertiary/aromatic N) is 2. The number of hydrogen-bond donors (Lipinski definition) is 0. The third-order valence-electron chi connectivity index (χ3n) is 8.84. The lowest BCUT2D eigenvalue weighted by Gasteiger charge is -2.34. The highest BCUT2D eigenvalue weighted by atomic mass is 14.7. The van der Waals surface area contributed by atoms with Gasteiger partial charge in [0.25, 0.3) is 0 Å². The van der Waals surface area contributed by atoms with Crippen molar-refractivity contribution >= 4 is 10.8 Å². The smallest absolute Gasteiger partial charge is 0.0992 e. The van der Waals surface area contributed by atoms with Crippen molar-refractivity contribution in [1.29, 1.82) is 5.26 Å². The van der Waals surface area contributed by atoms with Crippen molar-refractivity contribution in [3.05, 3.63) is 186 Å². The number of hydrogen-bond acceptors (Lipinski definition) is 2. The fourth-order valence-electron chi connectivity index (χ4n) is 7.02. The number of fused-ring (bicyclic) bond motifs is 5. The molecule has 0 saturated heterocycles. The third-order valence-corrected chi connectivity index (χ3v) is 8.84. The van der Waals surface area contributed by atoms with Crippen molar-refractivity contribution in [1.82, 2.24) is 4.98 Å². The molecule has 1 heterocycles. The average Bonchev–Trinajstić information content (AvgIpc) is 3.40. The summed E-state index contributed by atoms with van der Waals surface area (Å²) in [5, 5.41) is 11.9. The summed E-state index contributed by atoms with van der Waals surface area (Å²) in [6.07, 6.45) is 1.69. The fraction of sp³-hybridized carbons (Fsp3) is 0.0244. The second kappa shape index (κ2) is 9.94. The van der Waals surface area contributed by atoms with Gasteiger partial charge in [0.15, 0.2) is 0 Å². The Morgan fingerprint density at radius 3 is 1.81 bits per heavy atom. The van der Waals surface area contributed by atoms with Crippen LogP contribution in [0.5, 0.6) is 0 Å². The summed E-state index contributed by atoms with van der Waals surface area (Å²) in [5.74, 6) is 0. The average molecular weight is 547 g/mol. The molecule has 0 bridgehead atoms. The minimum atomic E-state index is -0.463. The second-order valence-corrected chi connectivity index (χ2v) is 11.0. The molecule has 0 aliphatic heterocycles. The quantitative estimate of drug-likeness (QED) is 0.220. The van der Waals surface area contributed by atoms with E-state index in [1.807, 2.05) is 6.07 Å². The van der Waals surface area contributed by atoms with Crippen LogP contribution >= 0.6 is 0 Å². The van der Waals surface area contributed by atoms with Crippen LogP contribution in [0, 0.1) is 11.3 Å². The maximum absolute atomic E-state index is 9.37. The summed E-state index contributed by atoms with van der Waals surface area (Å²) in [6.45, 7) is 0. The molecule has 1 aliphatic rings. The summed E-state index contributed by atoms with van der Waals surface area (Å²) >= 11 is 0. The Kier molecular flexibility index (Phi) is 5.77. The van der Waals surface area contributed by atoms with Crippen LogP contribution < -0.4 is 0 Å². The molecule has 200 valence electrons. The van der Waals surface area contributed by atoms with Crippen molar-refractivity contribution in [3.8, 4) is 39.6 Å². The summed E-state index contributed by atoms with van der Waals surface area (Å²) in [6, 6.07) is 56.4. The summed E-state index contributed by atoms with van der Waals surface area (Å²) in [4.78, 5) is 4.52. The van der Waals surface area contributed by atoms with Crippen molar-refractivity contribution in [2.75, 3.05) is 0 Å². The van der Waals surface area contributed by atoms with Crippen LogP contribution in [-0.2, 0) is 5.41 Å². The minimum absolute atomic E-state index is 0.463. The molecule has 0 radical (unpaired) electrons. The number of aromatic nitrogens is 1. The van der Waals surface area contributed by atoms with Gasteiger partial charge in [0, 0.05) is 11.8 Å². The molecule has 7 aromatic rings. The van der Waals surface area contributed by atoms with Crippen LogP contribution in [0.2, 0.25) is 0 Å². The van der Waals surface area contributed by atoms with Gasteiger partial charge in [-0.1, -0.05) is 133 Å². The predicted octanol–water partition coefficient (Wildman–Crippen LogP) is 9.80. The van der Waals surface area contributed by atoms with E-state index < -0.39 is 5.41 Å². The number of benzene rings is 6. The van der Waals surface area contributed by atoms with E-state index in [1.165, 1.54) is 49.7 Å². The van der Waals surface area contributed by atoms with Gasteiger partial charge < -0.3 is 0 Å². The summed E-state index contributed by atoms with van der Waals surface area (Å²) < 4.78 is 0. The van der Waals surface area contributed by atoms with E-state index in [1.54, 1.807) is 12.3 Å². The molecule has 1 aromatic heterocycles. The topological polar surface area (TPSA) is 36.7 Å². The maximum Gasteiger partial charge on any atom is 0.0992 e. The van der Waals surface area contributed by atoms with Crippen LogP contribution in [0.3, 0.4) is 0 Å². The lowest BCUT2D eigenvalue weighted by Crippen LogP contribution is -2.28. The number of rotatable bonds is 4. The van der Waals surface area contributed by atoms with E-state index in [0.29, 0.717) is 5.56 Å². The van der Waals surface area contributed by atoms with Crippen LogP contribution in [-0.4, -0.2) is 4.98 Å². The first-order chi connectivity index (χ1) is 21.3. The molecule has 0 amide bonds. The molecule has 8 rings (SSSR count). The molecule has 2 nitrogen and oxygen atoms in total. The molecule has 0 spiro atoms. The molecule has 0 N–H and O–H groups in total. The molecule has 6 aromatic carbocycles. The van der Waals surface area contributed by atoms with Crippen molar-refractivity contribution < 1.29 is 0 Å². The van der Waals surface area contributed by atoms with Gasteiger partial charge in [-0.05, 0) is 73.5 Å². The molecule has 2 heteroatoms. The van der Waals surface area contributed by atoms with Gasteiger partial charge in [0.2, 0.25) is 0 Å². The Balaban J connectivity index is 1.43. The minimum Gasteiger partial charge on any atom is -0.256 e. The van der Waals surface area contributed by atoms with Gasteiger partial charge in [0.1, 0.15) is 0 Å². The van der Waals surface area contributed by atoms with Gasteiger partial charge in [-0.15, -0.1) is 0 Å². The maximum atomic E-state index is 9.37. The van der Waals surface area contributed by atoms with E-state index in [4.69, 9.17) is 0 Å². The van der Waals surface area contributed by atoms with Crippen LogP contribution in [0.1, 0.15) is 27.8 Å². The summed E-state index contributed by atoms with van der Waals surface area (Å²) in [5.41, 5.74) is 12.0. The molecule has 0 saturated carbocycles. The lowest BCUT2D eigenvalue weighted by atomic mass is 9.67. The molecular formula is C41H26N2. The van der Waals surface area contributed by atoms with Crippen LogP contribution in [0.4, 0.5) is 0 Å². The first-order valence-corrected chi connectivity index (χ1v) is 14.5. The van der Waals surface area contributed by atoms with Gasteiger partial charge in [-0.25, -0.2) is 0 Å². The van der Waals surface area contributed by atoms with E-state index in [9.17, 15) is 5.26 Å². The van der Waals surface area contributed by atoms with E-state index >= 15 is 0 Å². The van der Waals surface area contributed by atoms with E-state index in [2.05, 4.69) is 151 Å². The zero-order chi connectivity index (χ0) is 28.8. The van der Waals surface area contributed by atoms with Gasteiger partial charge in [-0.3, -0.25) is 4.98 Å². The zero-order valence-electron chi connectivity index (χ0n) is 23.4. The first-order valence-electron chi connectivity index (χ1n) is 14.5. The van der Waals surface area contributed by atoms with Gasteiger partial charge >= 0.3 is 0 Å². The van der Waals surface area contributed by atoms with E-state index in [-0.39, 0.29) is 0 Å². The monoisotopic (exact) mass is 546 g/mol. The molecule has 43 heavy (non-hydrogen) atoms. The second-order valence-electron chi connectivity index (χ2n) is 11.0. The lowest BCUT2D eigenvalue weighted by molar-refractivity contribution is 0.769. The molecule has 0 unspecified atom stereocenters. The van der Waals surface area contributed by atoms with Gasteiger partial charge in [0.05, 0.1) is 22.7 Å². The largest absolute Gasteiger partial charge is 0.256 e. The zero-order valence-corrected chi connectivity index (χ0v) is 23.4. The Hall–Kier alpha value is -5.78. The van der Waals surface area contributed by atoms with Crippen LogP contribution in [0.15, 0.2) is 158 Å². The first kappa shape index (κ1) is 25.0.